The van der Waals surface area contributed by atoms with Crippen molar-refractivity contribution in [2.24, 2.45) is 0 Å². The van der Waals surface area contributed by atoms with Crippen molar-refractivity contribution in [3.8, 4) is 0 Å². The van der Waals surface area contributed by atoms with Crippen LogP contribution in [0.1, 0.15) is 34.8 Å². The summed E-state index contributed by atoms with van der Waals surface area (Å²) in [6.07, 6.45) is 1.62. The van der Waals surface area contributed by atoms with Crippen molar-refractivity contribution < 1.29 is 4.79 Å². The van der Waals surface area contributed by atoms with Gasteiger partial charge in [-0.15, -0.1) is 0 Å². The predicted octanol–water partition coefficient (Wildman–Crippen LogP) is 5.12. The Morgan fingerprint density at radius 1 is 0.935 bits per heavy atom. The van der Waals surface area contributed by atoms with Gasteiger partial charge in [0.15, 0.2) is 0 Å². The molecule has 0 aliphatic rings. The maximum Gasteiger partial charge on any atom is 0.270 e. The summed E-state index contributed by atoms with van der Waals surface area (Å²) < 4.78 is 2.18. The lowest BCUT2D eigenvalue weighted by Crippen LogP contribution is -2.29. The molecule has 0 saturated carbocycles. The summed E-state index contributed by atoms with van der Waals surface area (Å²) in [6, 6.07) is 28.0. The third kappa shape index (κ3) is 3.78. The van der Waals surface area contributed by atoms with Gasteiger partial charge in [0.1, 0.15) is 11.5 Å². The van der Waals surface area contributed by atoms with E-state index in [1.807, 2.05) is 31.2 Å². The van der Waals surface area contributed by atoms with Crippen LogP contribution in [0.25, 0.3) is 21.8 Å². The normalized spacial score (nSPS) is 12.2. The fraction of sp³-hybridized carbons (Fsp3) is 0.115. The first-order valence-electron chi connectivity index (χ1n) is 10.3. The number of carbonyl (C=O) groups is 1. The topological polar surface area (TPSA) is 59.8 Å². The molecule has 0 saturated heterocycles. The number of nitrogens with zero attached hydrogens (tertiary/aromatic N) is 3. The van der Waals surface area contributed by atoms with Crippen LogP contribution >= 0.6 is 0 Å². The molecule has 1 amide bonds. The van der Waals surface area contributed by atoms with Crippen molar-refractivity contribution in [2.45, 2.75) is 19.5 Å². The van der Waals surface area contributed by atoms with Gasteiger partial charge < -0.3 is 9.88 Å². The number of nitrogens with one attached hydrogen (secondary N) is 1. The Morgan fingerprint density at radius 2 is 1.71 bits per heavy atom. The largest absolute Gasteiger partial charge is 0.341 e. The van der Waals surface area contributed by atoms with Gasteiger partial charge in [0.2, 0.25) is 0 Å². The number of carbonyl (C=O) groups excluding carboxylic acids is 1. The minimum Gasteiger partial charge on any atom is -0.341 e. The van der Waals surface area contributed by atoms with Crippen molar-refractivity contribution in [1.29, 1.82) is 0 Å². The molecule has 5 nitrogen and oxygen atoms in total. The molecule has 0 spiro atoms. The van der Waals surface area contributed by atoms with Crippen LogP contribution in [-0.4, -0.2) is 20.4 Å². The molecule has 3 aromatic carbocycles. The minimum atomic E-state index is -0.276. The monoisotopic (exact) mass is 406 g/mol. The van der Waals surface area contributed by atoms with E-state index >= 15 is 0 Å². The molecule has 31 heavy (non-hydrogen) atoms. The van der Waals surface area contributed by atoms with E-state index in [-0.39, 0.29) is 11.9 Å². The van der Waals surface area contributed by atoms with Crippen LogP contribution in [0, 0.1) is 0 Å². The number of rotatable bonds is 5. The van der Waals surface area contributed by atoms with Gasteiger partial charge in [-0.05, 0) is 53.6 Å². The summed E-state index contributed by atoms with van der Waals surface area (Å²) in [4.78, 5) is 21.6. The van der Waals surface area contributed by atoms with Crippen molar-refractivity contribution in [3.63, 3.8) is 0 Å². The number of fused-ring (bicyclic) bond motifs is 2. The van der Waals surface area contributed by atoms with Crippen LogP contribution in [0.3, 0.4) is 0 Å². The second-order valence-corrected chi connectivity index (χ2v) is 7.64. The molecule has 0 aliphatic heterocycles. The van der Waals surface area contributed by atoms with Crippen LogP contribution in [-0.2, 0) is 6.54 Å². The van der Waals surface area contributed by atoms with Gasteiger partial charge in [-0.2, -0.15) is 0 Å². The SMILES string of the molecule is CC(NC(=O)c1ccccn1)c1nc2ccccc2n1Cc1ccc2ccccc2c1. The van der Waals surface area contributed by atoms with Gasteiger partial charge >= 0.3 is 0 Å². The summed E-state index contributed by atoms with van der Waals surface area (Å²) in [6.45, 7) is 2.63. The van der Waals surface area contributed by atoms with Crippen molar-refractivity contribution >= 4 is 27.7 Å². The lowest BCUT2D eigenvalue weighted by molar-refractivity contribution is 0.0932. The maximum atomic E-state index is 12.6. The molecule has 0 bridgehead atoms. The van der Waals surface area contributed by atoms with Gasteiger partial charge in [0.25, 0.3) is 5.91 Å². The molecule has 0 aliphatic carbocycles. The van der Waals surface area contributed by atoms with E-state index in [4.69, 9.17) is 4.98 Å². The fourth-order valence-electron chi connectivity index (χ4n) is 3.94. The summed E-state index contributed by atoms with van der Waals surface area (Å²) in [5.74, 6) is 0.607. The van der Waals surface area contributed by atoms with E-state index in [0.29, 0.717) is 12.2 Å². The van der Waals surface area contributed by atoms with E-state index in [1.165, 1.54) is 16.3 Å². The third-order valence-corrected chi connectivity index (χ3v) is 5.47. The Bertz CT molecular complexity index is 1370. The number of para-hydroxylation sites is 2. The smallest absolute Gasteiger partial charge is 0.270 e. The first-order chi connectivity index (χ1) is 15.2. The zero-order chi connectivity index (χ0) is 21.2. The van der Waals surface area contributed by atoms with Crippen molar-refractivity contribution in [1.82, 2.24) is 19.9 Å². The highest BCUT2D eigenvalue weighted by molar-refractivity contribution is 5.92. The molecule has 1 atom stereocenters. The number of hydrogen-bond donors (Lipinski definition) is 1. The highest BCUT2D eigenvalue weighted by Crippen LogP contribution is 2.24. The molecule has 2 heterocycles. The number of pyridine rings is 1. The van der Waals surface area contributed by atoms with E-state index in [0.717, 1.165) is 16.9 Å². The zero-order valence-electron chi connectivity index (χ0n) is 17.2. The molecule has 1 N–H and O–H groups in total. The maximum absolute atomic E-state index is 12.6. The average Bonchev–Trinajstić information content (AvgIpc) is 3.18. The quantitative estimate of drug-likeness (QED) is 0.440. The second kappa shape index (κ2) is 8.03. The highest BCUT2D eigenvalue weighted by Gasteiger charge is 2.19. The zero-order valence-corrected chi connectivity index (χ0v) is 17.2. The standard InChI is InChI=1S/C26H22N4O/c1-18(28-26(31)23-11-6-7-15-27-23)25-29-22-10-4-5-12-24(22)30(25)17-19-13-14-20-8-2-3-9-21(20)16-19/h2-16,18H,17H2,1H3,(H,28,31). The molecule has 1 unspecified atom stereocenters. The van der Waals surface area contributed by atoms with Gasteiger partial charge in [0, 0.05) is 12.7 Å². The van der Waals surface area contributed by atoms with Crippen LogP contribution in [0.4, 0.5) is 0 Å². The average molecular weight is 406 g/mol. The Morgan fingerprint density at radius 3 is 2.55 bits per heavy atom. The Kier molecular flexibility index (Phi) is 4.92. The molecular weight excluding hydrogens is 384 g/mol. The van der Waals surface area contributed by atoms with Crippen LogP contribution < -0.4 is 5.32 Å². The second-order valence-electron chi connectivity index (χ2n) is 7.64. The molecular formula is C26H22N4O. The molecule has 152 valence electrons. The molecule has 0 radical (unpaired) electrons. The predicted molar refractivity (Wildman–Crippen MR) is 123 cm³/mol. The van der Waals surface area contributed by atoms with Crippen molar-refractivity contribution in [2.75, 3.05) is 0 Å². The van der Waals surface area contributed by atoms with E-state index in [1.54, 1.807) is 18.3 Å². The van der Waals surface area contributed by atoms with Gasteiger partial charge in [-0.3, -0.25) is 9.78 Å². The Balaban J connectivity index is 1.51. The van der Waals surface area contributed by atoms with Gasteiger partial charge in [-0.1, -0.05) is 54.6 Å². The lowest BCUT2D eigenvalue weighted by Gasteiger charge is -2.16. The summed E-state index contributed by atoms with van der Waals surface area (Å²) in [7, 11) is 0. The van der Waals surface area contributed by atoms with Gasteiger partial charge in [-0.25, -0.2) is 4.98 Å². The molecule has 5 rings (SSSR count). The Hall–Kier alpha value is -3.99. The molecule has 2 aromatic heterocycles. The van der Waals surface area contributed by atoms with E-state index in [9.17, 15) is 4.79 Å². The first kappa shape index (κ1) is 19.0. The van der Waals surface area contributed by atoms with Gasteiger partial charge in [0.05, 0.1) is 17.1 Å². The molecule has 5 heteroatoms. The van der Waals surface area contributed by atoms with Crippen LogP contribution in [0.15, 0.2) is 91.1 Å². The first-order valence-corrected chi connectivity index (χ1v) is 10.3. The van der Waals surface area contributed by atoms with E-state index in [2.05, 4.69) is 63.4 Å². The number of hydrogen-bond acceptors (Lipinski definition) is 3. The fourth-order valence-corrected chi connectivity index (χ4v) is 3.94. The van der Waals surface area contributed by atoms with Crippen LogP contribution in [0.5, 0.6) is 0 Å². The highest BCUT2D eigenvalue weighted by atomic mass is 16.1. The van der Waals surface area contributed by atoms with E-state index < -0.39 is 0 Å². The number of amides is 1. The minimum absolute atomic E-state index is 0.211. The Labute approximate surface area is 180 Å². The third-order valence-electron chi connectivity index (χ3n) is 5.47. The summed E-state index contributed by atoms with van der Waals surface area (Å²) >= 11 is 0. The summed E-state index contributed by atoms with van der Waals surface area (Å²) in [5, 5.41) is 5.48. The number of aromatic nitrogens is 3. The van der Waals surface area contributed by atoms with Crippen LogP contribution in [0.2, 0.25) is 0 Å². The summed E-state index contributed by atoms with van der Waals surface area (Å²) in [5.41, 5.74) is 3.54. The van der Waals surface area contributed by atoms with Crippen molar-refractivity contribution in [3.05, 3.63) is 108 Å². The molecule has 0 fully saturated rings. The number of benzene rings is 3. The molecule has 5 aromatic rings. The number of imidazole rings is 1. The lowest BCUT2D eigenvalue weighted by atomic mass is 10.1.